The van der Waals surface area contributed by atoms with Gasteiger partial charge in [-0.1, -0.05) is 23.7 Å². The quantitative estimate of drug-likeness (QED) is 0.619. The summed E-state index contributed by atoms with van der Waals surface area (Å²) in [5.41, 5.74) is 0.398. The third-order valence-corrected chi connectivity index (χ3v) is 2.95. The van der Waals surface area contributed by atoms with E-state index in [2.05, 4.69) is 0 Å². The van der Waals surface area contributed by atoms with Gasteiger partial charge in [-0.05, 0) is 24.3 Å². The van der Waals surface area contributed by atoms with Crippen LogP contribution in [0.25, 0.3) is 21.9 Å². The molecule has 1 heterocycles. The van der Waals surface area contributed by atoms with Gasteiger partial charge in [0.2, 0.25) is 5.43 Å². The van der Waals surface area contributed by atoms with Gasteiger partial charge < -0.3 is 9.52 Å². The summed E-state index contributed by atoms with van der Waals surface area (Å²) < 4.78 is 5.55. The lowest BCUT2D eigenvalue weighted by Gasteiger charge is -2.03. The largest absolute Gasteiger partial charge is 0.507 e. The average Bonchev–Trinajstić information content (AvgIpc) is 2.31. The van der Waals surface area contributed by atoms with E-state index in [1.54, 1.807) is 30.3 Å². The van der Waals surface area contributed by atoms with Crippen molar-refractivity contribution in [1.29, 1.82) is 0 Å². The second kappa shape index (κ2) is 3.50. The predicted octanol–water partition coefficient (Wildman–Crippen LogP) is 3.31. The summed E-state index contributed by atoms with van der Waals surface area (Å²) in [6.45, 7) is 0. The molecule has 0 atom stereocenters. The van der Waals surface area contributed by atoms with Crippen molar-refractivity contribution in [1.82, 2.24) is 0 Å². The number of hydrogen-bond acceptors (Lipinski definition) is 3. The van der Waals surface area contributed by atoms with Gasteiger partial charge in [-0.2, -0.15) is 0 Å². The molecule has 0 saturated heterocycles. The fourth-order valence-electron chi connectivity index (χ4n) is 1.87. The molecule has 2 aromatic carbocycles. The number of benzene rings is 2. The molecule has 3 rings (SSSR count). The van der Waals surface area contributed by atoms with Crippen LogP contribution in [0, 0.1) is 0 Å². The number of rotatable bonds is 0. The van der Waals surface area contributed by atoms with E-state index < -0.39 is 0 Å². The lowest BCUT2D eigenvalue weighted by molar-refractivity contribution is 0.480. The highest BCUT2D eigenvalue weighted by Gasteiger charge is 2.12. The highest BCUT2D eigenvalue weighted by atomic mass is 35.5. The molecule has 3 aromatic rings. The van der Waals surface area contributed by atoms with Crippen LogP contribution in [0.4, 0.5) is 0 Å². The van der Waals surface area contributed by atoms with Crippen LogP contribution in [0.2, 0.25) is 5.02 Å². The minimum Gasteiger partial charge on any atom is -0.507 e. The van der Waals surface area contributed by atoms with Gasteiger partial charge in [0.05, 0.1) is 10.4 Å². The van der Waals surface area contributed by atoms with E-state index in [0.717, 1.165) is 0 Å². The summed E-state index contributed by atoms with van der Waals surface area (Å²) >= 11 is 5.97. The normalized spacial score (nSPS) is 11.1. The summed E-state index contributed by atoms with van der Waals surface area (Å²) in [6.07, 6.45) is 0. The molecule has 0 aliphatic heterocycles. The molecule has 4 heteroatoms. The fourth-order valence-corrected chi connectivity index (χ4v) is 2.08. The third kappa shape index (κ3) is 1.40. The van der Waals surface area contributed by atoms with Crippen LogP contribution in [-0.4, -0.2) is 5.11 Å². The summed E-state index contributed by atoms with van der Waals surface area (Å²) in [4.78, 5) is 12.2. The van der Waals surface area contributed by atoms with E-state index >= 15 is 0 Å². The molecule has 0 spiro atoms. The van der Waals surface area contributed by atoms with Crippen LogP contribution in [0.1, 0.15) is 0 Å². The highest BCUT2D eigenvalue weighted by Crippen LogP contribution is 2.28. The molecule has 0 amide bonds. The molecule has 1 N–H and O–H groups in total. The SMILES string of the molecule is O=c1c2cccc(Cl)c2oc2cccc(O)c12. The highest BCUT2D eigenvalue weighted by molar-refractivity contribution is 6.34. The number of phenols is 1. The number of para-hydroxylation sites is 1. The zero-order chi connectivity index (χ0) is 12.0. The van der Waals surface area contributed by atoms with E-state index in [0.29, 0.717) is 21.6 Å². The molecule has 0 radical (unpaired) electrons. The number of hydrogen-bond donors (Lipinski definition) is 1. The molecular weight excluding hydrogens is 240 g/mol. The van der Waals surface area contributed by atoms with Crippen LogP contribution < -0.4 is 5.43 Å². The Kier molecular flexibility index (Phi) is 2.09. The number of fused-ring (bicyclic) bond motifs is 2. The smallest absolute Gasteiger partial charge is 0.204 e. The maximum Gasteiger partial charge on any atom is 0.204 e. The fraction of sp³-hybridized carbons (Fsp3) is 0. The van der Waals surface area contributed by atoms with E-state index in [-0.39, 0.29) is 16.6 Å². The van der Waals surface area contributed by atoms with Gasteiger partial charge in [0.25, 0.3) is 0 Å². The first kappa shape index (κ1) is 10.2. The first-order valence-electron chi connectivity index (χ1n) is 5.01. The number of aromatic hydroxyl groups is 1. The Bertz CT molecular complexity index is 790. The Hall–Kier alpha value is -2.00. The van der Waals surface area contributed by atoms with Crippen molar-refractivity contribution in [2.24, 2.45) is 0 Å². The Morgan fingerprint density at radius 2 is 1.88 bits per heavy atom. The van der Waals surface area contributed by atoms with E-state index in [1.807, 2.05) is 0 Å². The van der Waals surface area contributed by atoms with E-state index in [9.17, 15) is 9.90 Å². The van der Waals surface area contributed by atoms with Gasteiger partial charge >= 0.3 is 0 Å². The van der Waals surface area contributed by atoms with Crippen molar-refractivity contribution in [3.05, 3.63) is 51.6 Å². The van der Waals surface area contributed by atoms with Crippen LogP contribution in [0.15, 0.2) is 45.6 Å². The molecule has 3 nitrogen and oxygen atoms in total. The van der Waals surface area contributed by atoms with Crippen molar-refractivity contribution in [3.8, 4) is 5.75 Å². The standard InChI is InChI=1S/C13H7ClO3/c14-8-4-1-3-7-12(16)11-9(15)5-2-6-10(11)17-13(7)8/h1-6,15H. The summed E-state index contributed by atoms with van der Waals surface area (Å²) in [6, 6.07) is 9.64. The molecule has 1 aromatic heterocycles. The second-order valence-electron chi connectivity index (χ2n) is 3.70. The molecule has 0 aliphatic rings. The molecule has 0 fully saturated rings. The van der Waals surface area contributed by atoms with Gasteiger partial charge in [0, 0.05) is 0 Å². The molecular formula is C13H7ClO3. The molecule has 17 heavy (non-hydrogen) atoms. The van der Waals surface area contributed by atoms with Crippen molar-refractivity contribution in [3.63, 3.8) is 0 Å². The maximum atomic E-state index is 12.2. The Morgan fingerprint density at radius 3 is 2.71 bits per heavy atom. The molecule has 0 bridgehead atoms. The van der Waals surface area contributed by atoms with E-state index in [4.69, 9.17) is 16.0 Å². The Labute approximate surface area is 101 Å². The minimum absolute atomic E-state index is 0.0851. The monoisotopic (exact) mass is 246 g/mol. The first-order chi connectivity index (χ1) is 8.18. The number of halogens is 1. The summed E-state index contributed by atoms with van der Waals surface area (Å²) in [7, 11) is 0. The lowest BCUT2D eigenvalue weighted by Crippen LogP contribution is -2.02. The Balaban J connectivity index is 2.68. The van der Waals surface area contributed by atoms with Crippen LogP contribution >= 0.6 is 11.6 Å². The van der Waals surface area contributed by atoms with E-state index in [1.165, 1.54) is 6.07 Å². The van der Waals surface area contributed by atoms with Crippen molar-refractivity contribution >= 4 is 33.5 Å². The predicted molar refractivity (Wildman–Crippen MR) is 66.7 cm³/mol. The molecule has 0 unspecified atom stereocenters. The summed E-state index contributed by atoms with van der Waals surface area (Å²) in [5.74, 6) is -0.0851. The second-order valence-corrected chi connectivity index (χ2v) is 4.11. The van der Waals surface area contributed by atoms with Gasteiger partial charge in [0.1, 0.15) is 16.7 Å². The topological polar surface area (TPSA) is 50.4 Å². The van der Waals surface area contributed by atoms with Crippen LogP contribution in [0.5, 0.6) is 5.75 Å². The zero-order valence-electron chi connectivity index (χ0n) is 8.61. The minimum atomic E-state index is -0.276. The van der Waals surface area contributed by atoms with Gasteiger partial charge in [-0.15, -0.1) is 0 Å². The van der Waals surface area contributed by atoms with Crippen LogP contribution in [0.3, 0.4) is 0 Å². The molecule has 0 saturated carbocycles. The van der Waals surface area contributed by atoms with Crippen LogP contribution in [-0.2, 0) is 0 Å². The van der Waals surface area contributed by atoms with Gasteiger partial charge in [-0.25, -0.2) is 0 Å². The van der Waals surface area contributed by atoms with Gasteiger partial charge in [-0.3, -0.25) is 4.79 Å². The van der Waals surface area contributed by atoms with Crippen molar-refractivity contribution < 1.29 is 9.52 Å². The lowest BCUT2D eigenvalue weighted by atomic mass is 10.1. The Morgan fingerprint density at radius 1 is 1.12 bits per heavy atom. The van der Waals surface area contributed by atoms with Gasteiger partial charge in [0.15, 0.2) is 5.58 Å². The van der Waals surface area contributed by atoms with Crippen molar-refractivity contribution in [2.75, 3.05) is 0 Å². The maximum absolute atomic E-state index is 12.2. The third-order valence-electron chi connectivity index (χ3n) is 2.65. The molecule has 0 aliphatic carbocycles. The molecule has 84 valence electrons. The number of phenolic OH excluding ortho intramolecular Hbond substituents is 1. The zero-order valence-corrected chi connectivity index (χ0v) is 9.36. The first-order valence-corrected chi connectivity index (χ1v) is 5.39. The summed E-state index contributed by atoms with van der Waals surface area (Å²) in [5, 5.41) is 10.6. The average molecular weight is 247 g/mol. The van der Waals surface area contributed by atoms with Crippen molar-refractivity contribution in [2.45, 2.75) is 0 Å².